The lowest BCUT2D eigenvalue weighted by molar-refractivity contribution is 0.0278. The van der Waals surface area contributed by atoms with E-state index >= 15 is 0 Å². The molecule has 0 atom stereocenters. The molecule has 76 valence electrons. The summed E-state index contributed by atoms with van der Waals surface area (Å²) in [4.78, 5) is 0. The number of para-hydroxylation sites is 1. The maximum atomic E-state index is 9.03. The molecule has 1 aromatic carbocycles. The summed E-state index contributed by atoms with van der Waals surface area (Å²) in [5, 5.41) is 18.1. The first-order valence-corrected chi connectivity index (χ1v) is 4.08. The fraction of sp³-hybridized carbons (Fsp3) is 0.200. The largest absolute Gasteiger partial charge is 0.494 e. The Labute approximate surface area is 82.6 Å². The van der Waals surface area contributed by atoms with Crippen molar-refractivity contribution in [1.82, 2.24) is 0 Å². The highest BCUT2D eigenvalue weighted by molar-refractivity contribution is 5.77. The van der Waals surface area contributed by atoms with Gasteiger partial charge in [-0.25, -0.2) is 0 Å². The summed E-state index contributed by atoms with van der Waals surface area (Å²) < 4.78 is 4.99. The van der Waals surface area contributed by atoms with E-state index in [1.54, 1.807) is 25.1 Å². The van der Waals surface area contributed by atoms with E-state index in [-0.39, 0.29) is 10.9 Å². The Balaban J connectivity index is 3.35. The lowest BCUT2D eigenvalue weighted by atomic mass is 10.1. The van der Waals surface area contributed by atoms with E-state index in [4.69, 9.17) is 15.2 Å². The molecule has 0 heterocycles. The molecule has 0 saturated heterocycles. The monoisotopic (exact) mass is 195 g/mol. The van der Waals surface area contributed by atoms with Crippen LogP contribution in [0.25, 0.3) is 5.57 Å². The van der Waals surface area contributed by atoms with Crippen LogP contribution in [0.5, 0.6) is 5.75 Å². The standard InChI is InChI=1S/C10H13NO3/c1-7(2)8-5-4-6-9(14-3)10(8)11(12)13/h4-6,12-13H,1H2,2-3H3. The minimum atomic E-state index is 0.0445. The summed E-state index contributed by atoms with van der Waals surface area (Å²) >= 11 is 0. The quantitative estimate of drug-likeness (QED) is 0.727. The van der Waals surface area contributed by atoms with E-state index in [2.05, 4.69) is 6.58 Å². The third-order valence-corrected chi connectivity index (χ3v) is 1.88. The fourth-order valence-corrected chi connectivity index (χ4v) is 1.24. The first-order valence-electron chi connectivity index (χ1n) is 4.08. The van der Waals surface area contributed by atoms with Gasteiger partial charge in [-0.05, 0) is 18.6 Å². The van der Waals surface area contributed by atoms with Crippen LogP contribution in [-0.4, -0.2) is 17.5 Å². The van der Waals surface area contributed by atoms with Gasteiger partial charge in [0.2, 0.25) is 0 Å². The van der Waals surface area contributed by atoms with Crippen molar-refractivity contribution >= 4 is 11.3 Å². The second-order valence-corrected chi connectivity index (χ2v) is 2.93. The zero-order valence-corrected chi connectivity index (χ0v) is 8.19. The number of hydrogen-bond donors (Lipinski definition) is 2. The van der Waals surface area contributed by atoms with Crippen molar-refractivity contribution in [3.05, 3.63) is 30.3 Å². The van der Waals surface area contributed by atoms with Gasteiger partial charge in [-0.2, -0.15) is 0 Å². The summed E-state index contributed by atoms with van der Waals surface area (Å²) in [6, 6.07) is 5.14. The normalized spacial score (nSPS) is 9.71. The van der Waals surface area contributed by atoms with Crippen molar-refractivity contribution in [2.24, 2.45) is 0 Å². The highest BCUT2D eigenvalue weighted by Crippen LogP contribution is 2.33. The molecule has 0 aliphatic heterocycles. The zero-order chi connectivity index (χ0) is 10.7. The lowest BCUT2D eigenvalue weighted by Crippen LogP contribution is -2.14. The number of hydrogen-bond acceptors (Lipinski definition) is 4. The molecule has 4 nitrogen and oxygen atoms in total. The smallest absolute Gasteiger partial charge is 0.147 e. The molecule has 0 aromatic heterocycles. The van der Waals surface area contributed by atoms with Crippen molar-refractivity contribution in [3.63, 3.8) is 0 Å². The minimum Gasteiger partial charge on any atom is -0.494 e. The van der Waals surface area contributed by atoms with Gasteiger partial charge >= 0.3 is 0 Å². The van der Waals surface area contributed by atoms with Crippen LogP contribution in [0.15, 0.2) is 24.8 Å². The second-order valence-electron chi connectivity index (χ2n) is 2.93. The van der Waals surface area contributed by atoms with E-state index in [0.29, 0.717) is 11.3 Å². The van der Waals surface area contributed by atoms with Gasteiger partial charge in [-0.1, -0.05) is 18.7 Å². The number of anilines is 1. The van der Waals surface area contributed by atoms with Crippen LogP contribution in [0.4, 0.5) is 5.69 Å². The Kier molecular flexibility index (Phi) is 3.11. The molecule has 1 rings (SSSR count). The third-order valence-electron chi connectivity index (χ3n) is 1.88. The van der Waals surface area contributed by atoms with Crippen LogP contribution in [-0.2, 0) is 0 Å². The summed E-state index contributed by atoms with van der Waals surface area (Å²) in [7, 11) is 1.46. The van der Waals surface area contributed by atoms with Crippen LogP contribution in [0.3, 0.4) is 0 Å². The first kappa shape index (κ1) is 10.6. The van der Waals surface area contributed by atoms with E-state index in [1.807, 2.05) is 0 Å². The molecule has 0 amide bonds. The predicted octanol–water partition coefficient (Wildman–Crippen LogP) is 2.31. The molecular formula is C10H13NO3. The summed E-state index contributed by atoms with van der Waals surface area (Å²) in [6.07, 6.45) is 0. The van der Waals surface area contributed by atoms with Gasteiger partial charge in [-0.3, -0.25) is 10.4 Å². The van der Waals surface area contributed by atoms with Crippen LogP contribution in [0.2, 0.25) is 0 Å². The van der Waals surface area contributed by atoms with Gasteiger partial charge in [0.1, 0.15) is 11.4 Å². The molecular weight excluding hydrogens is 182 g/mol. The maximum absolute atomic E-state index is 9.03. The van der Waals surface area contributed by atoms with Gasteiger partial charge < -0.3 is 4.74 Å². The molecule has 0 spiro atoms. The second kappa shape index (κ2) is 4.13. The van der Waals surface area contributed by atoms with E-state index in [9.17, 15) is 0 Å². The number of rotatable bonds is 3. The highest BCUT2D eigenvalue weighted by Gasteiger charge is 2.13. The first-order chi connectivity index (χ1) is 6.57. The third kappa shape index (κ3) is 1.86. The fourth-order valence-electron chi connectivity index (χ4n) is 1.24. The van der Waals surface area contributed by atoms with Crippen molar-refractivity contribution in [2.45, 2.75) is 6.92 Å². The number of ether oxygens (including phenoxy) is 1. The van der Waals surface area contributed by atoms with Crippen LogP contribution >= 0.6 is 0 Å². The molecule has 0 unspecified atom stereocenters. The average molecular weight is 195 g/mol. The predicted molar refractivity (Wildman–Crippen MR) is 53.8 cm³/mol. The van der Waals surface area contributed by atoms with Crippen molar-refractivity contribution in [1.29, 1.82) is 0 Å². The van der Waals surface area contributed by atoms with E-state index < -0.39 is 0 Å². The molecule has 14 heavy (non-hydrogen) atoms. The van der Waals surface area contributed by atoms with Crippen LogP contribution in [0, 0.1) is 0 Å². The molecule has 0 aliphatic carbocycles. The molecule has 1 aromatic rings. The summed E-state index contributed by atoms with van der Waals surface area (Å²) in [5.41, 5.74) is 1.56. The Bertz CT molecular complexity index is 347. The molecule has 0 radical (unpaired) electrons. The molecule has 2 N–H and O–H groups in total. The van der Waals surface area contributed by atoms with Crippen molar-refractivity contribution < 1.29 is 15.2 Å². The average Bonchev–Trinajstić information content (AvgIpc) is 2.16. The zero-order valence-electron chi connectivity index (χ0n) is 8.19. The number of nitrogens with zero attached hydrogens (tertiary/aromatic N) is 1. The number of methoxy groups -OCH3 is 1. The molecule has 4 heteroatoms. The van der Waals surface area contributed by atoms with Crippen molar-refractivity contribution in [3.8, 4) is 5.75 Å². The number of allylic oxidation sites excluding steroid dienone is 1. The molecule has 0 bridgehead atoms. The Morgan fingerprint density at radius 1 is 1.43 bits per heavy atom. The van der Waals surface area contributed by atoms with Crippen LogP contribution in [0.1, 0.15) is 12.5 Å². The molecule has 0 saturated carbocycles. The van der Waals surface area contributed by atoms with E-state index in [0.717, 1.165) is 5.57 Å². The van der Waals surface area contributed by atoms with Crippen LogP contribution < -0.4 is 9.96 Å². The lowest BCUT2D eigenvalue weighted by Gasteiger charge is -2.16. The molecule has 0 fully saturated rings. The van der Waals surface area contributed by atoms with Gasteiger partial charge in [0.05, 0.1) is 7.11 Å². The highest BCUT2D eigenvalue weighted by atomic mass is 16.8. The van der Waals surface area contributed by atoms with Gasteiger partial charge in [0.25, 0.3) is 0 Å². The van der Waals surface area contributed by atoms with Gasteiger partial charge in [0, 0.05) is 5.56 Å². The van der Waals surface area contributed by atoms with E-state index in [1.165, 1.54) is 7.11 Å². The number of benzene rings is 1. The summed E-state index contributed by atoms with van der Waals surface area (Å²) in [5.74, 6) is 0.385. The van der Waals surface area contributed by atoms with Gasteiger partial charge in [-0.15, -0.1) is 5.23 Å². The van der Waals surface area contributed by atoms with Crippen molar-refractivity contribution in [2.75, 3.05) is 12.3 Å². The maximum Gasteiger partial charge on any atom is 0.147 e. The Morgan fingerprint density at radius 2 is 2.07 bits per heavy atom. The minimum absolute atomic E-state index is 0.0445. The topological polar surface area (TPSA) is 52.9 Å². The van der Waals surface area contributed by atoms with Gasteiger partial charge in [0.15, 0.2) is 0 Å². The molecule has 0 aliphatic rings. The Hall–Kier alpha value is -1.52. The SMILES string of the molecule is C=C(C)c1cccc(OC)c1N(O)O. The summed E-state index contributed by atoms with van der Waals surface area (Å²) in [6.45, 7) is 5.52. The Morgan fingerprint density at radius 3 is 2.50 bits per heavy atom.